The molecule has 0 spiro atoms. The van der Waals surface area contributed by atoms with Crippen LogP contribution in [0.3, 0.4) is 0 Å². The summed E-state index contributed by atoms with van der Waals surface area (Å²) in [7, 11) is 0. The molecule has 166 valence electrons. The van der Waals surface area contributed by atoms with Gasteiger partial charge >= 0.3 is 0 Å². The van der Waals surface area contributed by atoms with Gasteiger partial charge in [-0.25, -0.2) is 0 Å². The average Bonchev–Trinajstić information content (AvgIpc) is 3.18. The number of hydrogen-bond donors (Lipinski definition) is 1. The molecule has 1 N–H and O–H groups in total. The van der Waals surface area contributed by atoms with Gasteiger partial charge in [0.1, 0.15) is 12.6 Å². The number of hydrogen-bond acceptors (Lipinski definition) is 2. The topological polar surface area (TPSA) is 56.4 Å². The van der Waals surface area contributed by atoms with E-state index in [0.717, 1.165) is 34.1 Å². The minimum atomic E-state index is -0.466. The third-order valence-corrected chi connectivity index (χ3v) is 7.33. The summed E-state index contributed by atoms with van der Waals surface area (Å²) in [5, 5.41) is 1.15. The van der Waals surface area contributed by atoms with Crippen LogP contribution in [0.4, 0.5) is 0 Å². The lowest BCUT2D eigenvalue weighted by Crippen LogP contribution is -2.64. The van der Waals surface area contributed by atoms with Gasteiger partial charge in [0.2, 0.25) is 11.8 Å². The normalized spacial score (nSPS) is 21.8. The maximum atomic E-state index is 13.6. The largest absolute Gasteiger partial charge is 0.356 e. The molecule has 32 heavy (non-hydrogen) atoms. The first kappa shape index (κ1) is 20.8. The number of carbonyl (C=O) groups excluding carboxylic acids is 2. The first-order valence-electron chi connectivity index (χ1n) is 11.7. The van der Waals surface area contributed by atoms with Crippen molar-refractivity contribution in [2.24, 2.45) is 0 Å². The predicted molar refractivity (Wildman–Crippen MR) is 126 cm³/mol. The molecular weight excluding hydrogens is 398 g/mol. The highest BCUT2D eigenvalue weighted by molar-refractivity contribution is 5.97. The standard InChI is InChI=1S/C27H31N3O2/c1-5-17(4)29-15-24(31)30-23(27(29)32)14-21-20-8-6-7-9-22(20)28-25(21)26(30)19-12-10-18(11-13-19)16(2)3/h6-13,16-17,23,26,28H,5,14-15H2,1-4H3. The van der Waals surface area contributed by atoms with E-state index >= 15 is 0 Å². The Balaban J connectivity index is 1.67. The van der Waals surface area contributed by atoms with Crippen LogP contribution in [0, 0.1) is 0 Å². The molecule has 0 radical (unpaired) electrons. The zero-order valence-electron chi connectivity index (χ0n) is 19.3. The van der Waals surface area contributed by atoms with Gasteiger partial charge in [0.25, 0.3) is 0 Å². The number of para-hydroxylation sites is 1. The summed E-state index contributed by atoms with van der Waals surface area (Å²) in [5.74, 6) is 0.532. The fraction of sp³-hybridized carbons (Fsp3) is 0.407. The fourth-order valence-electron chi connectivity index (χ4n) is 5.29. The molecule has 1 aromatic heterocycles. The maximum absolute atomic E-state index is 13.6. The molecule has 3 unspecified atom stereocenters. The Morgan fingerprint density at radius 3 is 2.44 bits per heavy atom. The van der Waals surface area contributed by atoms with E-state index in [-0.39, 0.29) is 30.4 Å². The second-order valence-electron chi connectivity index (χ2n) is 9.53. The summed E-state index contributed by atoms with van der Waals surface area (Å²) < 4.78 is 0. The summed E-state index contributed by atoms with van der Waals surface area (Å²) in [6.07, 6.45) is 1.39. The number of rotatable bonds is 4. The van der Waals surface area contributed by atoms with E-state index in [1.807, 2.05) is 24.0 Å². The molecule has 1 fully saturated rings. The van der Waals surface area contributed by atoms with Crippen molar-refractivity contribution in [3.8, 4) is 0 Å². The van der Waals surface area contributed by atoms with Crippen LogP contribution in [0.1, 0.15) is 68.5 Å². The Morgan fingerprint density at radius 2 is 1.75 bits per heavy atom. The number of amides is 2. The number of fused-ring (bicyclic) bond motifs is 4. The highest BCUT2D eigenvalue weighted by Gasteiger charge is 2.48. The highest BCUT2D eigenvalue weighted by atomic mass is 16.2. The van der Waals surface area contributed by atoms with Crippen LogP contribution in [0.5, 0.6) is 0 Å². The molecule has 0 bridgehead atoms. The molecule has 3 atom stereocenters. The quantitative estimate of drug-likeness (QED) is 0.649. The van der Waals surface area contributed by atoms with Gasteiger partial charge < -0.3 is 14.8 Å². The lowest BCUT2D eigenvalue weighted by molar-refractivity contribution is -0.160. The van der Waals surface area contributed by atoms with E-state index in [0.29, 0.717) is 12.3 Å². The zero-order chi connectivity index (χ0) is 22.6. The Bertz CT molecular complexity index is 1180. The third kappa shape index (κ3) is 3.14. The molecule has 2 aromatic carbocycles. The number of aromatic amines is 1. The van der Waals surface area contributed by atoms with Crippen LogP contribution in [0.2, 0.25) is 0 Å². The molecule has 5 heteroatoms. The molecule has 2 aliphatic heterocycles. The van der Waals surface area contributed by atoms with Gasteiger partial charge in [-0.2, -0.15) is 0 Å². The summed E-state index contributed by atoms with van der Waals surface area (Å²) >= 11 is 0. The van der Waals surface area contributed by atoms with E-state index in [1.54, 1.807) is 4.90 Å². The average molecular weight is 430 g/mol. The number of carbonyl (C=O) groups is 2. The maximum Gasteiger partial charge on any atom is 0.246 e. The Morgan fingerprint density at radius 1 is 1.03 bits per heavy atom. The molecule has 0 aliphatic carbocycles. The minimum absolute atomic E-state index is 0.0251. The van der Waals surface area contributed by atoms with Crippen molar-refractivity contribution >= 4 is 22.7 Å². The monoisotopic (exact) mass is 429 g/mol. The molecule has 5 nitrogen and oxygen atoms in total. The van der Waals surface area contributed by atoms with E-state index in [4.69, 9.17) is 0 Å². The van der Waals surface area contributed by atoms with Gasteiger partial charge in [-0.15, -0.1) is 0 Å². The summed E-state index contributed by atoms with van der Waals surface area (Å²) in [4.78, 5) is 34.3. The first-order valence-corrected chi connectivity index (χ1v) is 11.7. The Hall–Kier alpha value is -3.08. The summed E-state index contributed by atoms with van der Waals surface area (Å²) in [6.45, 7) is 8.60. The molecule has 2 aliphatic rings. The lowest BCUT2D eigenvalue weighted by Gasteiger charge is -2.48. The van der Waals surface area contributed by atoms with Crippen molar-refractivity contribution in [1.82, 2.24) is 14.8 Å². The van der Waals surface area contributed by atoms with E-state index in [9.17, 15) is 9.59 Å². The van der Waals surface area contributed by atoms with E-state index < -0.39 is 6.04 Å². The SMILES string of the molecule is CCC(C)N1CC(=O)N2C(Cc3c([nH]c4ccccc34)C2c2ccc(C(C)C)cc2)C1=O. The number of nitrogens with one attached hydrogen (secondary N) is 1. The lowest BCUT2D eigenvalue weighted by atomic mass is 9.85. The number of piperazine rings is 1. The fourth-order valence-corrected chi connectivity index (χ4v) is 5.29. The van der Waals surface area contributed by atoms with Crippen LogP contribution in [0.25, 0.3) is 10.9 Å². The zero-order valence-corrected chi connectivity index (χ0v) is 19.3. The summed E-state index contributed by atoms with van der Waals surface area (Å²) in [6, 6.07) is 16.1. The van der Waals surface area contributed by atoms with E-state index in [2.05, 4.69) is 62.2 Å². The van der Waals surface area contributed by atoms with Crippen LogP contribution in [-0.2, 0) is 16.0 Å². The van der Waals surface area contributed by atoms with Gasteiger partial charge in [-0.3, -0.25) is 9.59 Å². The van der Waals surface area contributed by atoms with Crippen molar-refractivity contribution < 1.29 is 9.59 Å². The van der Waals surface area contributed by atoms with Gasteiger partial charge in [-0.05, 0) is 42.0 Å². The molecule has 0 saturated carbocycles. The number of benzene rings is 2. The van der Waals surface area contributed by atoms with E-state index in [1.165, 1.54) is 5.56 Å². The van der Waals surface area contributed by atoms with Crippen LogP contribution in [-0.4, -0.2) is 45.2 Å². The molecule has 2 amide bonds. The van der Waals surface area contributed by atoms with Gasteiger partial charge in [0.15, 0.2) is 0 Å². The molecule has 1 saturated heterocycles. The van der Waals surface area contributed by atoms with Crippen LogP contribution < -0.4 is 0 Å². The number of H-pyrrole nitrogens is 1. The van der Waals surface area contributed by atoms with Gasteiger partial charge in [0.05, 0.1) is 6.04 Å². The molecular formula is C27H31N3O2. The highest BCUT2D eigenvalue weighted by Crippen LogP contribution is 2.43. The second kappa shape index (κ2) is 7.80. The first-order chi connectivity index (χ1) is 15.4. The van der Waals surface area contributed by atoms with Crippen molar-refractivity contribution in [3.63, 3.8) is 0 Å². The van der Waals surface area contributed by atoms with Crippen LogP contribution >= 0.6 is 0 Å². The second-order valence-corrected chi connectivity index (χ2v) is 9.53. The molecule has 5 rings (SSSR count). The predicted octanol–water partition coefficient (Wildman–Crippen LogP) is 4.77. The smallest absolute Gasteiger partial charge is 0.246 e. The van der Waals surface area contributed by atoms with Gasteiger partial charge in [-0.1, -0.05) is 63.2 Å². The Kier molecular flexibility index (Phi) is 5.07. The number of aromatic nitrogens is 1. The van der Waals surface area contributed by atoms with Crippen molar-refractivity contribution in [3.05, 3.63) is 70.9 Å². The number of nitrogens with zero attached hydrogens (tertiary/aromatic N) is 2. The third-order valence-electron chi connectivity index (χ3n) is 7.33. The van der Waals surface area contributed by atoms with Crippen molar-refractivity contribution in [2.45, 2.75) is 64.6 Å². The van der Waals surface area contributed by atoms with Crippen LogP contribution in [0.15, 0.2) is 48.5 Å². The molecule has 3 aromatic rings. The molecule has 3 heterocycles. The van der Waals surface area contributed by atoms with Crippen molar-refractivity contribution in [1.29, 1.82) is 0 Å². The Labute approximate surface area is 189 Å². The van der Waals surface area contributed by atoms with Gasteiger partial charge in [0, 0.05) is 29.1 Å². The summed E-state index contributed by atoms with van der Waals surface area (Å²) in [5.41, 5.74) is 5.57. The van der Waals surface area contributed by atoms with Crippen molar-refractivity contribution in [2.75, 3.05) is 6.54 Å². The minimum Gasteiger partial charge on any atom is -0.356 e.